The standard InChI is InChI=1S/C10H20N2O3/c1-3-11-7(2)4-10(15)12-5-8(13)9(14)6-12/h7-9,11,13-14H,3-6H2,1-2H3. The molecule has 3 N–H and O–H groups in total. The number of nitrogens with one attached hydrogen (secondary N) is 1. The lowest BCUT2D eigenvalue weighted by molar-refractivity contribution is -0.131. The fourth-order valence-electron chi connectivity index (χ4n) is 1.78. The minimum absolute atomic E-state index is 0.0148. The third kappa shape index (κ3) is 3.44. The van der Waals surface area contributed by atoms with Crippen LogP contribution in [0.25, 0.3) is 0 Å². The van der Waals surface area contributed by atoms with E-state index in [-0.39, 0.29) is 25.0 Å². The van der Waals surface area contributed by atoms with E-state index in [0.29, 0.717) is 6.42 Å². The Balaban J connectivity index is 2.35. The molecule has 5 nitrogen and oxygen atoms in total. The summed E-state index contributed by atoms with van der Waals surface area (Å²) in [6, 6.07) is 0.136. The van der Waals surface area contributed by atoms with Crippen LogP contribution in [0.4, 0.5) is 0 Å². The quantitative estimate of drug-likeness (QED) is 0.560. The summed E-state index contributed by atoms with van der Waals surface area (Å²) in [4.78, 5) is 13.2. The summed E-state index contributed by atoms with van der Waals surface area (Å²) >= 11 is 0. The van der Waals surface area contributed by atoms with Gasteiger partial charge in [-0.3, -0.25) is 4.79 Å². The summed E-state index contributed by atoms with van der Waals surface area (Å²) in [5.41, 5.74) is 0. The van der Waals surface area contributed by atoms with Crippen molar-refractivity contribution < 1.29 is 15.0 Å². The maximum Gasteiger partial charge on any atom is 0.224 e. The molecule has 0 bridgehead atoms. The minimum Gasteiger partial charge on any atom is -0.388 e. The number of likely N-dealkylation sites (tertiary alicyclic amines) is 1. The average molecular weight is 216 g/mol. The van der Waals surface area contributed by atoms with Gasteiger partial charge in [0, 0.05) is 25.6 Å². The van der Waals surface area contributed by atoms with Crippen molar-refractivity contribution in [2.75, 3.05) is 19.6 Å². The first-order valence-electron chi connectivity index (χ1n) is 5.41. The number of carbonyl (C=O) groups excluding carboxylic acids is 1. The normalized spacial score (nSPS) is 28.1. The van der Waals surface area contributed by atoms with Crippen molar-refractivity contribution in [3.63, 3.8) is 0 Å². The highest BCUT2D eigenvalue weighted by Gasteiger charge is 2.32. The van der Waals surface area contributed by atoms with Crippen LogP contribution in [0.1, 0.15) is 20.3 Å². The van der Waals surface area contributed by atoms with Gasteiger partial charge in [-0.25, -0.2) is 0 Å². The lowest BCUT2D eigenvalue weighted by Crippen LogP contribution is -2.36. The van der Waals surface area contributed by atoms with E-state index >= 15 is 0 Å². The van der Waals surface area contributed by atoms with Crippen molar-refractivity contribution in [2.24, 2.45) is 0 Å². The highest BCUT2D eigenvalue weighted by atomic mass is 16.3. The van der Waals surface area contributed by atoms with E-state index in [1.807, 2.05) is 13.8 Å². The van der Waals surface area contributed by atoms with E-state index in [1.54, 1.807) is 0 Å². The van der Waals surface area contributed by atoms with Crippen LogP contribution >= 0.6 is 0 Å². The second-order valence-corrected chi connectivity index (χ2v) is 4.10. The highest BCUT2D eigenvalue weighted by Crippen LogP contribution is 2.11. The van der Waals surface area contributed by atoms with Crippen molar-refractivity contribution in [2.45, 2.75) is 38.5 Å². The second-order valence-electron chi connectivity index (χ2n) is 4.10. The van der Waals surface area contributed by atoms with Gasteiger partial charge in [-0.05, 0) is 13.5 Å². The molecule has 15 heavy (non-hydrogen) atoms. The summed E-state index contributed by atoms with van der Waals surface area (Å²) in [5.74, 6) is -0.0148. The summed E-state index contributed by atoms with van der Waals surface area (Å²) in [6.45, 7) is 5.27. The van der Waals surface area contributed by atoms with E-state index in [4.69, 9.17) is 0 Å². The highest BCUT2D eigenvalue weighted by molar-refractivity contribution is 5.77. The molecule has 0 radical (unpaired) electrons. The van der Waals surface area contributed by atoms with Gasteiger partial charge in [-0.1, -0.05) is 6.92 Å². The van der Waals surface area contributed by atoms with Gasteiger partial charge in [0.1, 0.15) is 0 Å². The Kier molecular flexibility index (Phi) is 4.50. The van der Waals surface area contributed by atoms with Crippen LogP contribution < -0.4 is 5.32 Å². The van der Waals surface area contributed by atoms with Crippen LogP contribution in [0.15, 0.2) is 0 Å². The molecular weight excluding hydrogens is 196 g/mol. The van der Waals surface area contributed by atoms with E-state index in [2.05, 4.69) is 5.32 Å². The van der Waals surface area contributed by atoms with Gasteiger partial charge in [-0.2, -0.15) is 0 Å². The molecule has 0 aliphatic carbocycles. The van der Waals surface area contributed by atoms with E-state index in [1.165, 1.54) is 4.90 Å². The molecule has 1 amide bonds. The Bertz CT molecular complexity index is 213. The summed E-state index contributed by atoms with van der Waals surface area (Å²) in [5, 5.41) is 21.7. The molecule has 0 aromatic rings. The topological polar surface area (TPSA) is 72.8 Å². The lowest BCUT2D eigenvalue weighted by Gasteiger charge is -2.18. The molecule has 0 aromatic carbocycles. The molecule has 1 fully saturated rings. The molecule has 1 aliphatic rings. The summed E-state index contributed by atoms with van der Waals surface area (Å²) < 4.78 is 0. The third-order valence-corrected chi connectivity index (χ3v) is 2.65. The van der Waals surface area contributed by atoms with E-state index < -0.39 is 12.2 Å². The van der Waals surface area contributed by atoms with Gasteiger partial charge in [0.05, 0.1) is 12.2 Å². The number of amides is 1. The van der Waals surface area contributed by atoms with Gasteiger partial charge in [0.25, 0.3) is 0 Å². The van der Waals surface area contributed by atoms with Crippen LogP contribution in [0.3, 0.4) is 0 Å². The van der Waals surface area contributed by atoms with Crippen molar-refractivity contribution in [3.05, 3.63) is 0 Å². The molecule has 3 atom stereocenters. The zero-order valence-electron chi connectivity index (χ0n) is 9.31. The van der Waals surface area contributed by atoms with Crippen LogP contribution in [-0.4, -0.2) is 58.9 Å². The van der Waals surface area contributed by atoms with Crippen molar-refractivity contribution in [1.29, 1.82) is 0 Å². The predicted molar refractivity (Wildman–Crippen MR) is 56.3 cm³/mol. The summed E-state index contributed by atoms with van der Waals surface area (Å²) in [7, 11) is 0. The zero-order valence-corrected chi connectivity index (χ0v) is 9.31. The van der Waals surface area contributed by atoms with Crippen LogP contribution in [-0.2, 0) is 4.79 Å². The second kappa shape index (κ2) is 5.44. The molecule has 1 rings (SSSR count). The maximum absolute atomic E-state index is 11.7. The van der Waals surface area contributed by atoms with Gasteiger partial charge >= 0.3 is 0 Å². The predicted octanol–water partition coefficient (Wildman–Crippen LogP) is -1.06. The Labute approximate surface area is 90.1 Å². The number of rotatable bonds is 4. The Morgan fingerprint density at radius 2 is 2.00 bits per heavy atom. The molecule has 5 heteroatoms. The molecule has 1 heterocycles. The number of β-amino-alcohol motifs (C(OH)–C–C–N with tert-alkyl or cyclic N) is 2. The van der Waals surface area contributed by atoms with Crippen LogP contribution in [0.5, 0.6) is 0 Å². The summed E-state index contributed by atoms with van der Waals surface area (Å²) in [6.07, 6.45) is -1.17. The smallest absolute Gasteiger partial charge is 0.224 e. The number of carbonyl (C=O) groups is 1. The number of aliphatic hydroxyl groups is 2. The fraction of sp³-hybridized carbons (Fsp3) is 0.900. The average Bonchev–Trinajstić information content (AvgIpc) is 2.47. The monoisotopic (exact) mass is 216 g/mol. The lowest BCUT2D eigenvalue weighted by atomic mass is 10.2. The number of aliphatic hydroxyl groups excluding tert-OH is 2. The molecular formula is C10H20N2O3. The zero-order chi connectivity index (χ0) is 11.4. The first-order chi connectivity index (χ1) is 7.04. The maximum atomic E-state index is 11.7. The van der Waals surface area contributed by atoms with E-state index in [0.717, 1.165) is 6.54 Å². The van der Waals surface area contributed by atoms with E-state index in [9.17, 15) is 15.0 Å². The van der Waals surface area contributed by atoms with Crippen LogP contribution in [0.2, 0.25) is 0 Å². The molecule has 0 saturated carbocycles. The first kappa shape index (κ1) is 12.4. The Hall–Kier alpha value is -0.650. The molecule has 0 spiro atoms. The molecule has 0 aromatic heterocycles. The fourth-order valence-corrected chi connectivity index (χ4v) is 1.78. The Morgan fingerprint density at radius 1 is 1.47 bits per heavy atom. The van der Waals surface area contributed by atoms with Crippen molar-refractivity contribution in [3.8, 4) is 0 Å². The molecule has 1 saturated heterocycles. The molecule has 88 valence electrons. The van der Waals surface area contributed by atoms with Crippen LogP contribution in [0, 0.1) is 0 Å². The SMILES string of the molecule is CCNC(C)CC(=O)N1CC(O)C(O)C1. The van der Waals surface area contributed by atoms with Crippen molar-refractivity contribution in [1.82, 2.24) is 10.2 Å². The Morgan fingerprint density at radius 3 is 2.47 bits per heavy atom. The first-order valence-corrected chi connectivity index (χ1v) is 5.41. The minimum atomic E-state index is -0.789. The number of nitrogens with zero attached hydrogens (tertiary/aromatic N) is 1. The van der Waals surface area contributed by atoms with Gasteiger partial charge in [0.2, 0.25) is 5.91 Å². The molecule has 3 unspecified atom stereocenters. The number of hydrogen-bond donors (Lipinski definition) is 3. The van der Waals surface area contributed by atoms with Crippen molar-refractivity contribution >= 4 is 5.91 Å². The van der Waals surface area contributed by atoms with Gasteiger partial charge in [0.15, 0.2) is 0 Å². The van der Waals surface area contributed by atoms with Gasteiger partial charge in [-0.15, -0.1) is 0 Å². The number of hydrogen-bond acceptors (Lipinski definition) is 4. The molecule has 1 aliphatic heterocycles. The largest absolute Gasteiger partial charge is 0.388 e. The third-order valence-electron chi connectivity index (χ3n) is 2.65. The van der Waals surface area contributed by atoms with Gasteiger partial charge < -0.3 is 20.4 Å².